The molecule has 0 spiro atoms. The van der Waals surface area contributed by atoms with E-state index in [-0.39, 0.29) is 17.3 Å². The average molecular weight is 283 g/mol. The van der Waals surface area contributed by atoms with Crippen LogP contribution in [0.3, 0.4) is 0 Å². The monoisotopic (exact) mass is 282 g/mol. The van der Waals surface area contributed by atoms with Crippen molar-refractivity contribution >= 4 is 23.8 Å². The zero-order valence-corrected chi connectivity index (χ0v) is 10.6. The highest BCUT2D eigenvalue weighted by Gasteiger charge is 2.09. The van der Waals surface area contributed by atoms with Crippen molar-refractivity contribution in [3.63, 3.8) is 0 Å². The smallest absolute Gasteiger partial charge is 0.214 e. The maximum Gasteiger partial charge on any atom is 0.214 e. The highest BCUT2D eigenvalue weighted by Crippen LogP contribution is 2.23. The molecule has 3 nitrogen and oxygen atoms in total. The van der Waals surface area contributed by atoms with Gasteiger partial charge in [-0.3, -0.25) is 0 Å². The summed E-state index contributed by atoms with van der Waals surface area (Å²) in [5, 5.41) is 8.74. The molecule has 0 aliphatic rings. The number of aryl methyl sites for hydroxylation is 1. The predicted octanol–water partition coefficient (Wildman–Crippen LogP) is 3.59. The van der Waals surface area contributed by atoms with Crippen LogP contribution in [0.1, 0.15) is 17.1 Å². The minimum absolute atomic E-state index is 0.107. The summed E-state index contributed by atoms with van der Waals surface area (Å²) in [6, 6.07) is 3.72. The Hall–Kier alpha value is -2.01. The average Bonchev–Trinajstić information content (AvgIpc) is 2.34. The lowest BCUT2D eigenvalue weighted by Crippen LogP contribution is -1.91. The summed E-state index contributed by atoms with van der Waals surface area (Å²) < 4.78 is 26.6. The molecule has 0 fully saturated rings. The van der Waals surface area contributed by atoms with Crippen LogP contribution in [0.25, 0.3) is 12.2 Å². The summed E-state index contributed by atoms with van der Waals surface area (Å²) >= 11 is 5.46. The number of hydrogen-bond donors (Lipinski definition) is 1. The normalized spacial score (nSPS) is 11.2. The van der Waals surface area contributed by atoms with Crippen molar-refractivity contribution in [3.8, 4) is 5.88 Å². The van der Waals surface area contributed by atoms with Crippen molar-refractivity contribution < 1.29 is 13.9 Å². The van der Waals surface area contributed by atoms with Crippen molar-refractivity contribution in [1.82, 2.24) is 9.97 Å². The largest absolute Gasteiger partial charge is 0.493 e. The van der Waals surface area contributed by atoms with Crippen LogP contribution in [-0.4, -0.2) is 15.1 Å². The van der Waals surface area contributed by atoms with E-state index in [1.54, 1.807) is 6.92 Å². The van der Waals surface area contributed by atoms with Gasteiger partial charge in [0.25, 0.3) is 0 Å². The molecule has 0 atom stereocenters. The van der Waals surface area contributed by atoms with Crippen molar-refractivity contribution in [2.45, 2.75) is 6.92 Å². The first-order valence-electron chi connectivity index (χ1n) is 5.33. The van der Waals surface area contributed by atoms with Gasteiger partial charge in [0.1, 0.15) is 10.8 Å². The molecule has 0 radical (unpaired) electrons. The first kappa shape index (κ1) is 13.4. The van der Waals surface area contributed by atoms with Crippen LogP contribution >= 0.6 is 11.6 Å². The molecule has 1 aromatic carbocycles. The molecule has 1 aromatic heterocycles. The number of hydrogen-bond acceptors (Lipinski definition) is 3. The Morgan fingerprint density at radius 1 is 1.21 bits per heavy atom. The van der Waals surface area contributed by atoms with Gasteiger partial charge in [0.05, 0.1) is 0 Å². The van der Waals surface area contributed by atoms with Crippen molar-refractivity contribution in [2.75, 3.05) is 0 Å². The zero-order valence-electron chi connectivity index (χ0n) is 9.86. The van der Waals surface area contributed by atoms with Crippen LogP contribution in [0, 0.1) is 18.6 Å². The van der Waals surface area contributed by atoms with E-state index in [9.17, 15) is 13.9 Å². The molecular weight excluding hydrogens is 274 g/mol. The van der Waals surface area contributed by atoms with E-state index in [0.717, 1.165) is 6.07 Å². The first-order chi connectivity index (χ1) is 8.97. The van der Waals surface area contributed by atoms with Gasteiger partial charge in [-0.2, -0.15) is 4.98 Å². The molecule has 0 aliphatic heterocycles. The molecule has 2 aromatic rings. The third kappa shape index (κ3) is 3.06. The Labute approximate surface area is 113 Å². The molecule has 1 heterocycles. The molecule has 6 heteroatoms. The van der Waals surface area contributed by atoms with Crippen molar-refractivity contribution in [3.05, 3.63) is 51.9 Å². The van der Waals surface area contributed by atoms with Crippen LogP contribution in [0.4, 0.5) is 8.78 Å². The molecule has 19 heavy (non-hydrogen) atoms. The fraction of sp³-hybridized carbons (Fsp3) is 0.0769. The molecule has 1 N–H and O–H groups in total. The second-order valence-electron chi connectivity index (χ2n) is 3.82. The van der Waals surface area contributed by atoms with E-state index in [0.29, 0.717) is 5.69 Å². The number of aromatic hydroxyl groups is 1. The second kappa shape index (κ2) is 5.32. The number of benzene rings is 1. The molecule has 0 unspecified atom stereocenters. The summed E-state index contributed by atoms with van der Waals surface area (Å²) in [5.74, 6) is -1.63. The molecule has 0 saturated carbocycles. The highest BCUT2D eigenvalue weighted by molar-refractivity contribution is 6.31. The van der Waals surface area contributed by atoms with Gasteiger partial charge in [-0.15, -0.1) is 0 Å². The quantitative estimate of drug-likeness (QED) is 0.856. The van der Waals surface area contributed by atoms with E-state index in [1.807, 2.05) is 0 Å². The van der Waals surface area contributed by atoms with Crippen LogP contribution in [0.15, 0.2) is 18.2 Å². The Balaban J connectivity index is 2.35. The molecule has 0 bridgehead atoms. The van der Waals surface area contributed by atoms with Gasteiger partial charge in [-0.1, -0.05) is 11.6 Å². The molecule has 0 aliphatic carbocycles. The predicted molar refractivity (Wildman–Crippen MR) is 68.7 cm³/mol. The summed E-state index contributed by atoms with van der Waals surface area (Å²) in [6.45, 7) is 1.69. The second-order valence-corrected chi connectivity index (χ2v) is 4.20. The number of halogens is 3. The zero-order chi connectivity index (χ0) is 14.0. The van der Waals surface area contributed by atoms with E-state index in [4.69, 9.17) is 11.6 Å². The standard InChI is InChI=1S/C13H9ClF2N2O/c1-7-6-11(19)18-10(17-7)5-3-8-2-4-9(15)12(14)13(8)16/h2-6H,1H3,(H,17,18,19)/b5-3+. The topological polar surface area (TPSA) is 46.0 Å². The van der Waals surface area contributed by atoms with Crippen molar-refractivity contribution in [2.24, 2.45) is 0 Å². The Kier molecular flexibility index (Phi) is 3.76. The molecule has 2 rings (SSSR count). The maximum absolute atomic E-state index is 13.6. The minimum atomic E-state index is -0.852. The van der Waals surface area contributed by atoms with Gasteiger partial charge in [0, 0.05) is 17.3 Å². The Bertz CT molecular complexity index is 639. The molecule has 98 valence electrons. The third-order valence-corrected chi connectivity index (χ3v) is 2.68. The molecular formula is C13H9ClF2N2O. The number of aromatic nitrogens is 2. The SMILES string of the molecule is Cc1cc(O)nc(/C=C/c2ccc(F)c(Cl)c2F)n1. The lowest BCUT2D eigenvalue weighted by molar-refractivity contribution is 0.450. The fourth-order valence-corrected chi connectivity index (χ4v) is 1.65. The van der Waals surface area contributed by atoms with Gasteiger partial charge in [0.2, 0.25) is 5.88 Å². The van der Waals surface area contributed by atoms with Crippen LogP contribution in [0.5, 0.6) is 5.88 Å². The fourth-order valence-electron chi connectivity index (χ4n) is 1.48. The lowest BCUT2D eigenvalue weighted by atomic mass is 10.2. The highest BCUT2D eigenvalue weighted by atomic mass is 35.5. The summed E-state index contributed by atoms with van der Waals surface area (Å²) in [7, 11) is 0. The summed E-state index contributed by atoms with van der Waals surface area (Å²) in [6.07, 6.45) is 2.76. The number of nitrogens with zero attached hydrogens (tertiary/aromatic N) is 2. The van der Waals surface area contributed by atoms with Gasteiger partial charge in [-0.05, 0) is 31.2 Å². The Morgan fingerprint density at radius 3 is 2.63 bits per heavy atom. The maximum atomic E-state index is 13.6. The van der Waals surface area contributed by atoms with E-state index >= 15 is 0 Å². The Morgan fingerprint density at radius 2 is 1.95 bits per heavy atom. The van der Waals surface area contributed by atoms with E-state index < -0.39 is 16.7 Å². The van der Waals surface area contributed by atoms with Gasteiger partial charge in [-0.25, -0.2) is 13.8 Å². The van der Waals surface area contributed by atoms with E-state index in [1.165, 1.54) is 24.3 Å². The third-order valence-electron chi connectivity index (χ3n) is 2.34. The summed E-state index contributed by atoms with van der Waals surface area (Å²) in [5.41, 5.74) is 0.681. The lowest BCUT2D eigenvalue weighted by Gasteiger charge is -2.01. The van der Waals surface area contributed by atoms with Crippen molar-refractivity contribution in [1.29, 1.82) is 0 Å². The minimum Gasteiger partial charge on any atom is -0.493 e. The molecule has 0 saturated heterocycles. The van der Waals surface area contributed by atoms with Gasteiger partial charge in [0.15, 0.2) is 11.6 Å². The van der Waals surface area contributed by atoms with Crippen LogP contribution in [0.2, 0.25) is 5.02 Å². The first-order valence-corrected chi connectivity index (χ1v) is 5.71. The van der Waals surface area contributed by atoms with E-state index in [2.05, 4.69) is 9.97 Å². The van der Waals surface area contributed by atoms with Crippen LogP contribution < -0.4 is 0 Å². The van der Waals surface area contributed by atoms with Gasteiger partial charge < -0.3 is 5.11 Å². The molecule has 0 amide bonds. The van der Waals surface area contributed by atoms with Crippen LogP contribution in [-0.2, 0) is 0 Å². The number of rotatable bonds is 2. The van der Waals surface area contributed by atoms with Gasteiger partial charge >= 0.3 is 0 Å². The summed E-state index contributed by atoms with van der Waals surface area (Å²) in [4.78, 5) is 7.78.